The molecule has 5 aliphatic rings. The van der Waals surface area contributed by atoms with Gasteiger partial charge in [0.25, 0.3) is 0 Å². The first-order valence-corrected chi connectivity index (χ1v) is 21.3. The van der Waals surface area contributed by atoms with E-state index in [1.165, 1.54) is 33.8 Å². The molecule has 0 radical (unpaired) electrons. The molecule has 62 heavy (non-hydrogen) atoms. The number of fused-ring (bicyclic) bond motifs is 3. The molecule has 1 aromatic carbocycles. The molecule has 2 saturated heterocycles. The van der Waals surface area contributed by atoms with Crippen molar-refractivity contribution >= 4 is 30.0 Å². The standard InChI is InChI=1S/C46H63NO15/c1-13-32-58-30-20-31-46(22-55-31,61-26(6)49)36-38(60-39(51)27-17-15-14-16-18-27)45(43(10,11)54)21-29(24(4)33(45)35(56-25(5)48)37(59-32)44(30,36)12)57-40(52)34(50)28(19-23(2)3)47-41(53)62-42(7,8)9/h13-18,23,28-32,34-38,50,54H,1,19-22H2,2-12H3,(H,47,53)/t28-,29-,30-,31+,32+,34+,35-,36-,37-,38-,44+,45?,46-/m0/s1. The largest absolute Gasteiger partial charge is 0.457 e. The van der Waals surface area contributed by atoms with Crippen molar-refractivity contribution in [2.75, 3.05) is 6.61 Å². The van der Waals surface area contributed by atoms with Crippen LogP contribution >= 0.6 is 0 Å². The Labute approximate surface area is 362 Å². The molecular formula is C46H63NO15. The average Bonchev–Trinajstić information content (AvgIpc) is 3.41. The van der Waals surface area contributed by atoms with Gasteiger partial charge < -0.3 is 53.4 Å². The van der Waals surface area contributed by atoms with Crippen LogP contribution in [-0.4, -0.2) is 119 Å². The van der Waals surface area contributed by atoms with E-state index in [1.807, 2.05) is 20.8 Å². The van der Waals surface area contributed by atoms with E-state index < -0.39 is 119 Å². The predicted molar refractivity (Wildman–Crippen MR) is 220 cm³/mol. The van der Waals surface area contributed by atoms with E-state index in [-0.39, 0.29) is 42.9 Å². The molecule has 6 rings (SSSR count). The normalized spacial score (nSPS) is 34.7. The number of esters is 4. The molecule has 16 nitrogen and oxygen atoms in total. The summed E-state index contributed by atoms with van der Waals surface area (Å²) in [5, 5.41) is 27.1. The monoisotopic (exact) mass is 869 g/mol. The second kappa shape index (κ2) is 17.0. The highest BCUT2D eigenvalue weighted by atomic mass is 16.7. The molecule has 4 fully saturated rings. The minimum atomic E-state index is -1.91. The lowest BCUT2D eigenvalue weighted by Crippen LogP contribution is -2.80. The molecule has 1 aromatic rings. The van der Waals surface area contributed by atoms with Crippen molar-refractivity contribution in [3.8, 4) is 0 Å². The smallest absolute Gasteiger partial charge is 0.407 e. The summed E-state index contributed by atoms with van der Waals surface area (Å²) in [4.78, 5) is 68.3. The number of aliphatic hydroxyl groups is 2. The van der Waals surface area contributed by atoms with Gasteiger partial charge in [-0.2, -0.15) is 0 Å². The molecule has 0 spiro atoms. The minimum Gasteiger partial charge on any atom is -0.457 e. The first-order chi connectivity index (χ1) is 28.8. The van der Waals surface area contributed by atoms with Crippen molar-refractivity contribution in [3.05, 3.63) is 59.7 Å². The van der Waals surface area contributed by atoms with Crippen LogP contribution in [0.4, 0.5) is 4.79 Å². The van der Waals surface area contributed by atoms with Crippen molar-refractivity contribution < 1.29 is 72.1 Å². The minimum absolute atomic E-state index is 0.0845. The molecule has 0 aromatic heterocycles. The molecular weight excluding hydrogens is 806 g/mol. The Kier molecular flexibility index (Phi) is 12.9. The second-order valence-electron chi connectivity index (χ2n) is 19.5. The summed E-state index contributed by atoms with van der Waals surface area (Å²) < 4.78 is 50.5. The summed E-state index contributed by atoms with van der Waals surface area (Å²) in [5.41, 5.74) is -6.62. The number of aliphatic hydroxyl groups excluding tert-OH is 1. The third kappa shape index (κ3) is 8.28. The number of hydrogen-bond acceptors (Lipinski definition) is 15. The maximum atomic E-state index is 14.6. The van der Waals surface area contributed by atoms with Crippen LogP contribution in [0.25, 0.3) is 0 Å². The number of amides is 1. The lowest BCUT2D eigenvalue weighted by molar-refractivity contribution is -0.392. The van der Waals surface area contributed by atoms with Crippen molar-refractivity contribution in [2.24, 2.45) is 22.7 Å². The summed E-state index contributed by atoms with van der Waals surface area (Å²) in [5.74, 6) is -4.40. The maximum absolute atomic E-state index is 14.6. The number of hydrogen-bond donors (Lipinski definition) is 3. The van der Waals surface area contributed by atoms with Crippen molar-refractivity contribution in [1.29, 1.82) is 0 Å². The lowest BCUT2D eigenvalue weighted by atomic mass is 9.49. The van der Waals surface area contributed by atoms with Gasteiger partial charge in [0.1, 0.15) is 30.0 Å². The Morgan fingerprint density at radius 2 is 1.65 bits per heavy atom. The molecule has 16 heteroatoms. The fourth-order valence-corrected chi connectivity index (χ4v) is 10.8. The summed E-state index contributed by atoms with van der Waals surface area (Å²) in [6, 6.07) is 7.11. The van der Waals surface area contributed by atoms with Crippen LogP contribution in [0.1, 0.15) is 106 Å². The predicted octanol–water partition coefficient (Wildman–Crippen LogP) is 4.87. The van der Waals surface area contributed by atoms with Crippen LogP contribution in [-0.2, 0) is 52.3 Å². The van der Waals surface area contributed by atoms with Gasteiger partial charge in [-0.1, -0.05) is 45.5 Å². The number of benzene rings is 1. The summed E-state index contributed by atoms with van der Waals surface area (Å²) >= 11 is 0. The zero-order valence-electron chi connectivity index (χ0n) is 37.6. The van der Waals surface area contributed by atoms with E-state index in [9.17, 15) is 34.2 Å². The Bertz CT molecular complexity index is 1950. The fraction of sp³-hybridized carbons (Fsp3) is 0.674. The van der Waals surface area contributed by atoms with Crippen molar-refractivity contribution in [2.45, 2.75) is 167 Å². The molecule has 3 aliphatic carbocycles. The number of ether oxygens (including phenoxy) is 8. The molecule has 3 N–H and O–H groups in total. The first kappa shape index (κ1) is 47.1. The third-order valence-corrected chi connectivity index (χ3v) is 13.3. The SMILES string of the molecule is C=C[C@@H]1O[C@H]2C[C@H]3OC[C@@]3(OC(C)=O)[C@H]3[C@H](OC(=O)c4ccccc4)C4(C(C)(C)O)C[C@H](OC(=O)[C@H](O)[C@H](CC(C)C)NC(=O)OC(C)(C)C)C(C)=C4[C@H](OC(C)=O)[C@H](O1)[C@]23C. The highest BCUT2D eigenvalue weighted by Crippen LogP contribution is 2.70. The number of nitrogens with one attached hydrogen (secondary N) is 1. The highest BCUT2D eigenvalue weighted by molar-refractivity contribution is 5.89. The van der Waals surface area contributed by atoms with Gasteiger partial charge in [0, 0.05) is 32.1 Å². The van der Waals surface area contributed by atoms with Gasteiger partial charge in [-0.25, -0.2) is 14.4 Å². The molecule has 342 valence electrons. The van der Waals surface area contributed by atoms with Crippen LogP contribution in [0.15, 0.2) is 54.1 Å². The number of rotatable bonds is 12. The molecule has 13 atom stereocenters. The van der Waals surface area contributed by atoms with E-state index in [4.69, 9.17) is 37.9 Å². The van der Waals surface area contributed by atoms with E-state index >= 15 is 0 Å². The van der Waals surface area contributed by atoms with Gasteiger partial charge in [-0.3, -0.25) is 9.59 Å². The molecule has 1 unspecified atom stereocenters. The van der Waals surface area contributed by atoms with Crippen LogP contribution in [0.5, 0.6) is 0 Å². The number of alkyl carbamates (subject to hydrolysis) is 1. The zero-order valence-corrected chi connectivity index (χ0v) is 37.6. The quantitative estimate of drug-likeness (QED) is 0.145. The van der Waals surface area contributed by atoms with Gasteiger partial charge in [0.2, 0.25) is 0 Å². The Hall–Kier alpha value is -4.35. The van der Waals surface area contributed by atoms with Crippen molar-refractivity contribution in [3.63, 3.8) is 0 Å². The van der Waals surface area contributed by atoms with Gasteiger partial charge in [-0.05, 0) is 83.2 Å². The van der Waals surface area contributed by atoms with Gasteiger partial charge >= 0.3 is 30.0 Å². The Morgan fingerprint density at radius 1 is 0.984 bits per heavy atom. The van der Waals surface area contributed by atoms with E-state index in [1.54, 1.807) is 58.0 Å². The highest BCUT2D eigenvalue weighted by Gasteiger charge is 2.81. The van der Waals surface area contributed by atoms with Gasteiger partial charge in [-0.15, -0.1) is 0 Å². The Morgan fingerprint density at radius 3 is 2.18 bits per heavy atom. The topological polar surface area (TPSA) is 212 Å². The van der Waals surface area contributed by atoms with Crippen molar-refractivity contribution in [1.82, 2.24) is 5.32 Å². The van der Waals surface area contributed by atoms with E-state index in [0.717, 1.165) is 0 Å². The van der Waals surface area contributed by atoms with Gasteiger partial charge in [0.15, 0.2) is 24.1 Å². The molecule has 2 aliphatic heterocycles. The second-order valence-corrected chi connectivity index (χ2v) is 19.5. The Balaban J connectivity index is 1.58. The molecule has 1 amide bonds. The fourth-order valence-electron chi connectivity index (χ4n) is 10.8. The van der Waals surface area contributed by atoms with Gasteiger partial charge in [0.05, 0.1) is 41.3 Å². The molecule has 2 saturated carbocycles. The first-order valence-electron chi connectivity index (χ1n) is 21.3. The molecule has 2 heterocycles. The van der Waals surface area contributed by atoms with Crippen LogP contribution in [0, 0.1) is 22.7 Å². The summed E-state index contributed by atoms with van der Waals surface area (Å²) in [7, 11) is 0. The number of carbonyl (C=O) groups is 5. The molecule has 0 bridgehead atoms. The third-order valence-electron chi connectivity index (χ3n) is 13.3. The average molecular weight is 870 g/mol. The van der Waals surface area contributed by atoms with E-state index in [2.05, 4.69) is 11.9 Å². The zero-order chi connectivity index (χ0) is 45.9. The summed E-state index contributed by atoms with van der Waals surface area (Å²) in [6.07, 6.45) is -8.88. The lowest BCUT2D eigenvalue weighted by Gasteiger charge is -2.67. The van der Waals surface area contributed by atoms with E-state index in [0.29, 0.717) is 5.57 Å². The van der Waals surface area contributed by atoms with Crippen LogP contribution < -0.4 is 5.32 Å². The number of carbonyl (C=O) groups excluding carboxylic acids is 5. The maximum Gasteiger partial charge on any atom is 0.407 e. The van der Waals surface area contributed by atoms with Crippen LogP contribution in [0.2, 0.25) is 0 Å². The summed E-state index contributed by atoms with van der Waals surface area (Å²) in [6.45, 7) is 21.6. The van der Waals surface area contributed by atoms with Crippen LogP contribution in [0.3, 0.4) is 0 Å².